The van der Waals surface area contributed by atoms with Crippen molar-refractivity contribution in [1.29, 1.82) is 0 Å². The van der Waals surface area contributed by atoms with Crippen LogP contribution in [0.2, 0.25) is 0 Å². The molecule has 28 heavy (non-hydrogen) atoms. The molecule has 0 aromatic carbocycles. The van der Waals surface area contributed by atoms with Gasteiger partial charge in [-0.15, -0.1) is 0 Å². The first-order valence-corrected chi connectivity index (χ1v) is 9.06. The Morgan fingerprint density at radius 3 is 2.71 bits per heavy atom. The summed E-state index contributed by atoms with van der Waals surface area (Å²) >= 11 is 0. The van der Waals surface area contributed by atoms with Crippen molar-refractivity contribution in [1.82, 2.24) is 14.8 Å². The maximum Gasteiger partial charge on any atom is 0.274 e. The number of rotatable bonds is 3. The lowest BCUT2D eigenvalue weighted by Gasteiger charge is -2.34. The number of halogens is 2. The monoisotopic (exact) mass is 391 g/mol. The Hall–Kier alpha value is -2.97. The molecule has 1 aromatic heterocycles. The fraction of sp³-hybridized carbons (Fsp3) is 0.421. The Morgan fingerprint density at radius 2 is 2.11 bits per heavy atom. The molecular weight excluding hydrogens is 372 g/mol. The van der Waals surface area contributed by atoms with Crippen molar-refractivity contribution in [3.8, 4) is 5.75 Å². The van der Waals surface area contributed by atoms with Crippen molar-refractivity contribution in [3.05, 3.63) is 51.0 Å². The number of allylic oxidation sites excluding steroid dienone is 2. The number of aromatic nitrogens is 1. The van der Waals surface area contributed by atoms with Gasteiger partial charge in [-0.25, -0.2) is 8.78 Å². The van der Waals surface area contributed by atoms with Crippen molar-refractivity contribution in [2.45, 2.75) is 38.3 Å². The number of amides is 2. The van der Waals surface area contributed by atoms with Gasteiger partial charge in [-0.3, -0.25) is 14.4 Å². The van der Waals surface area contributed by atoms with Gasteiger partial charge in [0.2, 0.25) is 5.43 Å². The highest BCUT2D eigenvalue weighted by Gasteiger charge is 2.42. The summed E-state index contributed by atoms with van der Waals surface area (Å²) in [7, 11) is 0. The molecule has 4 rings (SSSR count). The molecule has 148 valence electrons. The lowest BCUT2D eigenvalue weighted by atomic mass is 10.0. The molecule has 1 aliphatic carbocycles. The Bertz CT molecular complexity index is 1040. The predicted molar refractivity (Wildman–Crippen MR) is 95.6 cm³/mol. The standard InChI is InChI=1S/C19H19F2N3O4/c1-3-23-8-10-4-5-11-13(15(25)16(26)14(18(23)28)24(10)11)17(27)22-19(2)7-9(20)6-12(19)21/h6-7,10,26H,3-5,8H2,1-2H3,(H,22,27)/t10-,19?/m0/s1. The van der Waals surface area contributed by atoms with Gasteiger partial charge in [0, 0.05) is 24.9 Å². The molecule has 0 saturated carbocycles. The van der Waals surface area contributed by atoms with Gasteiger partial charge in [0.05, 0.1) is 6.04 Å². The fourth-order valence-electron chi connectivity index (χ4n) is 4.23. The number of carbonyl (C=O) groups excluding carboxylic acids is 2. The second-order valence-electron chi connectivity index (χ2n) is 7.43. The van der Waals surface area contributed by atoms with Crippen LogP contribution in [-0.4, -0.2) is 45.0 Å². The number of hydrogen-bond donors (Lipinski definition) is 2. The van der Waals surface area contributed by atoms with E-state index in [9.17, 15) is 28.3 Å². The lowest BCUT2D eigenvalue weighted by molar-refractivity contribution is 0.0675. The molecule has 3 heterocycles. The summed E-state index contributed by atoms with van der Waals surface area (Å²) in [6.45, 7) is 3.92. The van der Waals surface area contributed by atoms with E-state index in [1.165, 1.54) is 6.92 Å². The molecule has 3 aliphatic rings. The average molecular weight is 391 g/mol. The normalized spacial score (nSPS) is 25.5. The molecule has 2 amide bonds. The van der Waals surface area contributed by atoms with E-state index in [0.717, 1.165) is 6.08 Å². The third-order valence-corrected chi connectivity index (χ3v) is 5.66. The minimum atomic E-state index is -1.72. The summed E-state index contributed by atoms with van der Waals surface area (Å²) in [4.78, 5) is 39.8. The van der Waals surface area contributed by atoms with Gasteiger partial charge in [0.1, 0.15) is 22.8 Å². The van der Waals surface area contributed by atoms with Crippen LogP contribution in [0, 0.1) is 0 Å². The van der Waals surface area contributed by atoms with E-state index in [0.29, 0.717) is 37.7 Å². The molecule has 7 nitrogen and oxygen atoms in total. The number of likely N-dealkylation sites (N-methyl/N-ethyl adjacent to an activating group) is 1. The summed E-state index contributed by atoms with van der Waals surface area (Å²) < 4.78 is 29.0. The van der Waals surface area contributed by atoms with Crippen molar-refractivity contribution in [2.75, 3.05) is 13.1 Å². The van der Waals surface area contributed by atoms with Crippen molar-refractivity contribution in [3.63, 3.8) is 0 Å². The minimum absolute atomic E-state index is 0.115. The van der Waals surface area contributed by atoms with E-state index in [1.807, 2.05) is 0 Å². The number of aromatic hydroxyl groups is 1. The Balaban J connectivity index is 1.82. The SMILES string of the molecule is CCN1C[C@@H]2CCc3c(C(=O)NC4(C)C=C(F)C=C4F)c(=O)c(O)c(n32)C1=O. The van der Waals surface area contributed by atoms with E-state index in [-0.39, 0.29) is 17.3 Å². The van der Waals surface area contributed by atoms with Crippen molar-refractivity contribution >= 4 is 11.8 Å². The smallest absolute Gasteiger partial charge is 0.274 e. The molecule has 1 unspecified atom stereocenters. The molecule has 0 radical (unpaired) electrons. The highest BCUT2D eigenvalue weighted by Crippen LogP contribution is 2.37. The molecule has 0 spiro atoms. The van der Waals surface area contributed by atoms with E-state index < -0.39 is 40.2 Å². The van der Waals surface area contributed by atoms with Gasteiger partial charge < -0.3 is 19.9 Å². The van der Waals surface area contributed by atoms with Gasteiger partial charge in [-0.05, 0) is 32.8 Å². The van der Waals surface area contributed by atoms with Crippen LogP contribution < -0.4 is 10.7 Å². The van der Waals surface area contributed by atoms with E-state index in [1.54, 1.807) is 16.4 Å². The van der Waals surface area contributed by atoms with Crippen LogP contribution in [0.3, 0.4) is 0 Å². The summed E-state index contributed by atoms with van der Waals surface area (Å²) in [6, 6.07) is -0.156. The maximum atomic E-state index is 14.0. The third kappa shape index (κ3) is 2.42. The molecule has 0 saturated heterocycles. The van der Waals surface area contributed by atoms with Crippen LogP contribution in [0.5, 0.6) is 5.75 Å². The predicted octanol–water partition coefficient (Wildman–Crippen LogP) is 1.73. The van der Waals surface area contributed by atoms with Gasteiger partial charge in [0.15, 0.2) is 11.4 Å². The summed E-state index contributed by atoms with van der Waals surface area (Å²) in [5.74, 6) is -3.92. The molecule has 0 bridgehead atoms. The van der Waals surface area contributed by atoms with Gasteiger partial charge in [0.25, 0.3) is 11.8 Å². The molecule has 2 atom stereocenters. The fourth-order valence-corrected chi connectivity index (χ4v) is 4.23. The Labute approximate surface area is 158 Å². The highest BCUT2D eigenvalue weighted by atomic mass is 19.1. The minimum Gasteiger partial charge on any atom is -0.503 e. The Kier molecular flexibility index (Phi) is 3.95. The van der Waals surface area contributed by atoms with E-state index in [4.69, 9.17) is 0 Å². The van der Waals surface area contributed by atoms with E-state index in [2.05, 4.69) is 5.32 Å². The molecule has 1 aromatic rings. The van der Waals surface area contributed by atoms with Crippen molar-refractivity contribution < 1.29 is 23.5 Å². The molecule has 0 fully saturated rings. The first kappa shape index (κ1) is 18.4. The molecular formula is C19H19F2N3O4. The largest absolute Gasteiger partial charge is 0.503 e. The Morgan fingerprint density at radius 1 is 1.39 bits per heavy atom. The number of hydrogen-bond acceptors (Lipinski definition) is 4. The number of pyridine rings is 1. The first-order chi connectivity index (χ1) is 13.2. The van der Waals surface area contributed by atoms with Crippen LogP contribution in [-0.2, 0) is 6.42 Å². The lowest BCUT2D eigenvalue weighted by Crippen LogP contribution is -2.47. The molecule has 2 N–H and O–H groups in total. The van der Waals surface area contributed by atoms with Crippen LogP contribution in [0.25, 0.3) is 0 Å². The molecule has 2 aliphatic heterocycles. The zero-order chi connectivity index (χ0) is 20.4. The van der Waals surface area contributed by atoms with Crippen molar-refractivity contribution in [2.24, 2.45) is 0 Å². The van der Waals surface area contributed by atoms with E-state index >= 15 is 0 Å². The van der Waals surface area contributed by atoms with Gasteiger partial charge in [-0.2, -0.15) is 0 Å². The number of nitrogens with one attached hydrogen (secondary N) is 1. The average Bonchev–Trinajstić information content (AvgIpc) is 3.13. The zero-order valence-corrected chi connectivity index (χ0v) is 15.4. The first-order valence-electron chi connectivity index (χ1n) is 9.06. The van der Waals surface area contributed by atoms with Crippen LogP contribution >= 0.6 is 0 Å². The van der Waals surface area contributed by atoms with Crippen LogP contribution in [0.1, 0.15) is 52.9 Å². The second kappa shape index (κ2) is 6.02. The second-order valence-corrected chi connectivity index (χ2v) is 7.43. The maximum absolute atomic E-state index is 14.0. The molecule has 9 heteroatoms. The quantitative estimate of drug-likeness (QED) is 0.821. The van der Waals surface area contributed by atoms with Gasteiger partial charge in [-0.1, -0.05) is 0 Å². The topological polar surface area (TPSA) is 91.6 Å². The van der Waals surface area contributed by atoms with Crippen LogP contribution in [0.4, 0.5) is 8.78 Å². The zero-order valence-electron chi connectivity index (χ0n) is 15.4. The summed E-state index contributed by atoms with van der Waals surface area (Å²) in [6.07, 6.45) is 2.52. The third-order valence-electron chi connectivity index (χ3n) is 5.66. The highest BCUT2D eigenvalue weighted by molar-refractivity contribution is 6.01. The summed E-state index contributed by atoms with van der Waals surface area (Å²) in [5, 5.41) is 12.8. The van der Waals surface area contributed by atoms with Crippen LogP contribution in [0.15, 0.2) is 28.6 Å². The van der Waals surface area contributed by atoms with Gasteiger partial charge >= 0.3 is 0 Å². The number of carbonyl (C=O) groups is 2. The number of nitrogens with zero attached hydrogens (tertiary/aromatic N) is 2. The summed E-state index contributed by atoms with van der Waals surface area (Å²) in [5.41, 5.74) is -2.82.